The molecule has 0 spiro atoms. The second-order valence-corrected chi connectivity index (χ2v) is 6.88. The Kier molecular flexibility index (Phi) is 5.02. The fourth-order valence-electron chi connectivity index (χ4n) is 3.50. The number of nitrogens with zero attached hydrogens (tertiary/aromatic N) is 2. The molecule has 0 fully saturated rings. The number of fused-ring (bicyclic) bond motifs is 1. The number of aryl methyl sites for hydroxylation is 1. The third kappa shape index (κ3) is 3.58. The van der Waals surface area contributed by atoms with Crippen LogP contribution in [0.15, 0.2) is 54.9 Å². The van der Waals surface area contributed by atoms with Gasteiger partial charge in [-0.1, -0.05) is 24.3 Å². The Balaban J connectivity index is 1.44. The lowest BCUT2D eigenvalue weighted by molar-refractivity contribution is -0.126. The van der Waals surface area contributed by atoms with Gasteiger partial charge < -0.3 is 19.4 Å². The summed E-state index contributed by atoms with van der Waals surface area (Å²) in [6.07, 6.45) is 4.36. The first kappa shape index (κ1) is 18.1. The van der Waals surface area contributed by atoms with E-state index >= 15 is 0 Å². The maximum Gasteiger partial charge on any atom is 0.227 e. The normalized spacial score (nSPS) is 15.4. The van der Waals surface area contributed by atoms with Gasteiger partial charge in [-0.05, 0) is 36.6 Å². The monoisotopic (exact) mass is 377 g/mol. The molecule has 4 rings (SSSR count). The fraction of sp³-hybridized carbons (Fsp3) is 0.273. The zero-order chi connectivity index (χ0) is 19.5. The number of benzene rings is 2. The number of ether oxygens (including phenoxy) is 2. The van der Waals surface area contributed by atoms with Crippen LogP contribution in [0.1, 0.15) is 17.0 Å². The number of imidazole rings is 1. The van der Waals surface area contributed by atoms with Crippen LogP contribution in [0, 0.1) is 12.8 Å². The molecular weight excluding hydrogens is 354 g/mol. The van der Waals surface area contributed by atoms with Crippen molar-refractivity contribution in [3.63, 3.8) is 0 Å². The van der Waals surface area contributed by atoms with E-state index in [4.69, 9.17) is 9.47 Å². The van der Waals surface area contributed by atoms with Crippen LogP contribution in [0.25, 0.3) is 5.69 Å². The van der Waals surface area contributed by atoms with E-state index in [1.54, 1.807) is 13.3 Å². The predicted octanol–water partition coefficient (Wildman–Crippen LogP) is 3.06. The topological polar surface area (TPSA) is 65.4 Å². The minimum absolute atomic E-state index is 0.00127. The van der Waals surface area contributed by atoms with Crippen LogP contribution in [-0.2, 0) is 17.8 Å². The number of aromatic nitrogens is 2. The van der Waals surface area contributed by atoms with Gasteiger partial charge >= 0.3 is 0 Å². The lowest BCUT2D eigenvalue weighted by Gasteiger charge is -2.25. The van der Waals surface area contributed by atoms with Crippen LogP contribution >= 0.6 is 0 Å². The first-order valence-corrected chi connectivity index (χ1v) is 9.31. The van der Waals surface area contributed by atoms with Gasteiger partial charge in [-0.25, -0.2) is 4.98 Å². The number of carbonyl (C=O) groups is 1. The molecule has 0 unspecified atom stereocenters. The molecule has 0 bridgehead atoms. The summed E-state index contributed by atoms with van der Waals surface area (Å²) in [5.41, 5.74) is 3.09. The molecule has 144 valence electrons. The highest BCUT2D eigenvalue weighted by Crippen LogP contribution is 2.31. The van der Waals surface area contributed by atoms with Crippen LogP contribution in [0.3, 0.4) is 0 Å². The molecular formula is C22H23N3O3. The Morgan fingerprint density at radius 1 is 1.32 bits per heavy atom. The van der Waals surface area contributed by atoms with Crippen molar-refractivity contribution < 1.29 is 14.3 Å². The van der Waals surface area contributed by atoms with Crippen molar-refractivity contribution in [2.24, 2.45) is 5.92 Å². The van der Waals surface area contributed by atoms with Gasteiger partial charge in [-0.2, -0.15) is 0 Å². The number of amides is 1. The van der Waals surface area contributed by atoms with Gasteiger partial charge in [-0.15, -0.1) is 0 Å². The van der Waals surface area contributed by atoms with Gasteiger partial charge in [0.25, 0.3) is 0 Å². The van der Waals surface area contributed by atoms with Gasteiger partial charge in [0.15, 0.2) is 0 Å². The van der Waals surface area contributed by atoms with E-state index in [0.717, 1.165) is 34.1 Å². The molecule has 6 heteroatoms. The molecule has 1 aliphatic rings. The molecule has 1 aliphatic heterocycles. The summed E-state index contributed by atoms with van der Waals surface area (Å²) >= 11 is 0. The molecule has 1 aromatic heterocycles. The highest BCUT2D eigenvalue weighted by molar-refractivity contribution is 5.79. The summed E-state index contributed by atoms with van der Waals surface area (Å²) in [5.74, 6) is 2.26. The maximum absolute atomic E-state index is 12.7. The van der Waals surface area contributed by atoms with Gasteiger partial charge in [0.2, 0.25) is 5.91 Å². The van der Waals surface area contributed by atoms with Gasteiger partial charge in [0.1, 0.15) is 23.9 Å². The van der Waals surface area contributed by atoms with E-state index < -0.39 is 0 Å². The second kappa shape index (κ2) is 7.76. The first-order chi connectivity index (χ1) is 13.7. The highest BCUT2D eigenvalue weighted by atomic mass is 16.5. The van der Waals surface area contributed by atoms with Crippen LogP contribution < -0.4 is 14.8 Å². The van der Waals surface area contributed by atoms with E-state index in [0.29, 0.717) is 19.6 Å². The van der Waals surface area contributed by atoms with Crippen LogP contribution in [0.4, 0.5) is 0 Å². The molecule has 2 aromatic carbocycles. The number of hydrogen-bond donors (Lipinski definition) is 1. The lowest BCUT2D eigenvalue weighted by Crippen LogP contribution is -2.37. The first-order valence-electron chi connectivity index (χ1n) is 9.31. The van der Waals surface area contributed by atoms with Crippen molar-refractivity contribution in [3.8, 4) is 17.2 Å². The van der Waals surface area contributed by atoms with Gasteiger partial charge in [-0.3, -0.25) is 4.79 Å². The quantitative estimate of drug-likeness (QED) is 0.742. The summed E-state index contributed by atoms with van der Waals surface area (Å²) < 4.78 is 13.0. The lowest BCUT2D eigenvalue weighted by atomic mass is 9.95. The maximum atomic E-state index is 12.7. The van der Waals surface area contributed by atoms with Crippen molar-refractivity contribution in [1.29, 1.82) is 0 Å². The number of rotatable bonds is 5. The molecule has 28 heavy (non-hydrogen) atoms. The van der Waals surface area contributed by atoms with Gasteiger partial charge in [0, 0.05) is 25.0 Å². The molecule has 1 atom stereocenters. The smallest absolute Gasteiger partial charge is 0.227 e. The van der Waals surface area contributed by atoms with Crippen LogP contribution in [0.5, 0.6) is 11.5 Å². The molecule has 0 radical (unpaired) electrons. The zero-order valence-corrected chi connectivity index (χ0v) is 16.0. The van der Waals surface area contributed by atoms with Crippen molar-refractivity contribution in [2.45, 2.75) is 19.9 Å². The number of methoxy groups -OCH3 is 1. The predicted molar refractivity (Wildman–Crippen MR) is 106 cm³/mol. The summed E-state index contributed by atoms with van der Waals surface area (Å²) in [7, 11) is 1.63. The van der Waals surface area contributed by atoms with Crippen molar-refractivity contribution in [2.75, 3.05) is 13.7 Å². The van der Waals surface area contributed by atoms with E-state index in [9.17, 15) is 4.79 Å². The van der Waals surface area contributed by atoms with Crippen LogP contribution in [-0.4, -0.2) is 29.2 Å². The second-order valence-electron chi connectivity index (χ2n) is 6.88. The van der Waals surface area contributed by atoms with Crippen molar-refractivity contribution >= 4 is 5.91 Å². The molecule has 2 heterocycles. The summed E-state index contributed by atoms with van der Waals surface area (Å²) in [4.78, 5) is 17.0. The van der Waals surface area contributed by atoms with E-state index in [2.05, 4.69) is 10.3 Å². The SMILES string of the molecule is COc1ccc2c(c1)OC[C@@H](C(=O)NCc1ccccc1-n1ccnc1C)C2. The van der Waals surface area contributed by atoms with Crippen LogP contribution in [0.2, 0.25) is 0 Å². The number of para-hydroxylation sites is 1. The number of hydrogen-bond acceptors (Lipinski definition) is 4. The molecule has 6 nitrogen and oxygen atoms in total. The van der Waals surface area contributed by atoms with Crippen molar-refractivity contribution in [3.05, 3.63) is 71.8 Å². The summed E-state index contributed by atoms with van der Waals surface area (Å²) in [6, 6.07) is 13.7. The van der Waals surface area contributed by atoms with Gasteiger partial charge in [0.05, 0.1) is 18.7 Å². The highest BCUT2D eigenvalue weighted by Gasteiger charge is 2.26. The van der Waals surface area contributed by atoms with E-state index in [1.807, 2.05) is 60.2 Å². The fourth-order valence-corrected chi connectivity index (χ4v) is 3.50. The Bertz CT molecular complexity index is 996. The Hall–Kier alpha value is -3.28. The molecule has 1 N–H and O–H groups in total. The summed E-state index contributed by atoms with van der Waals surface area (Å²) in [5, 5.41) is 3.07. The Morgan fingerprint density at radius 3 is 2.96 bits per heavy atom. The standard InChI is InChI=1S/C22H23N3O3/c1-15-23-9-10-25(15)20-6-4-3-5-17(20)13-24-22(26)18-11-16-7-8-19(27-2)12-21(16)28-14-18/h3-10,12,18H,11,13-14H2,1-2H3,(H,24,26)/t18-/m0/s1. The summed E-state index contributed by atoms with van der Waals surface area (Å²) in [6.45, 7) is 2.79. The zero-order valence-electron chi connectivity index (χ0n) is 16.0. The average Bonchev–Trinajstić information content (AvgIpc) is 3.17. The molecule has 0 saturated heterocycles. The average molecular weight is 377 g/mol. The Morgan fingerprint density at radius 2 is 2.18 bits per heavy atom. The van der Waals surface area contributed by atoms with E-state index in [-0.39, 0.29) is 11.8 Å². The molecule has 0 aliphatic carbocycles. The molecule has 0 saturated carbocycles. The molecule has 1 amide bonds. The third-order valence-electron chi connectivity index (χ3n) is 5.08. The minimum atomic E-state index is -0.206. The number of carbonyl (C=O) groups excluding carboxylic acids is 1. The minimum Gasteiger partial charge on any atom is -0.497 e. The third-order valence-corrected chi connectivity index (χ3v) is 5.08. The molecule has 3 aromatic rings. The largest absolute Gasteiger partial charge is 0.497 e. The number of nitrogens with one attached hydrogen (secondary N) is 1. The Labute approximate surface area is 164 Å². The van der Waals surface area contributed by atoms with Crippen molar-refractivity contribution in [1.82, 2.24) is 14.9 Å². The van der Waals surface area contributed by atoms with E-state index in [1.165, 1.54) is 0 Å².